The quantitative estimate of drug-likeness (QED) is 0.882. The molecule has 0 saturated carbocycles. The van der Waals surface area contributed by atoms with Crippen molar-refractivity contribution in [1.82, 2.24) is 9.97 Å². The molecule has 0 amide bonds. The van der Waals surface area contributed by atoms with Crippen LogP contribution in [0.25, 0.3) is 11.3 Å². The van der Waals surface area contributed by atoms with Gasteiger partial charge in [0.25, 0.3) is 0 Å². The van der Waals surface area contributed by atoms with Gasteiger partial charge >= 0.3 is 0 Å². The standard InChI is InChI=1S/C16H21N3/c1-4-5-6-13-7-9-14(10-8-13)15-11-16(17-3)19-12(2)18-15/h7-11H,4-6H2,1-3H3,(H,17,18,19). The molecule has 1 heterocycles. The summed E-state index contributed by atoms with van der Waals surface area (Å²) in [5.74, 6) is 1.65. The maximum absolute atomic E-state index is 4.49. The van der Waals surface area contributed by atoms with Crippen LogP contribution in [0.3, 0.4) is 0 Å². The van der Waals surface area contributed by atoms with Crippen molar-refractivity contribution in [3.05, 3.63) is 41.7 Å². The van der Waals surface area contributed by atoms with Gasteiger partial charge in [-0.15, -0.1) is 0 Å². The lowest BCUT2D eigenvalue weighted by Crippen LogP contribution is -1.98. The third kappa shape index (κ3) is 3.53. The van der Waals surface area contributed by atoms with Crippen molar-refractivity contribution in [1.29, 1.82) is 0 Å². The lowest BCUT2D eigenvalue weighted by atomic mass is 10.0. The molecule has 0 radical (unpaired) electrons. The maximum Gasteiger partial charge on any atom is 0.130 e. The molecule has 1 aromatic heterocycles. The predicted octanol–water partition coefficient (Wildman–Crippen LogP) is 3.84. The van der Waals surface area contributed by atoms with Gasteiger partial charge in [0.1, 0.15) is 11.6 Å². The molecular formula is C16H21N3. The highest BCUT2D eigenvalue weighted by molar-refractivity contribution is 5.62. The summed E-state index contributed by atoms with van der Waals surface area (Å²) in [4.78, 5) is 8.81. The molecular weight excluding hydrogens is 234 g/mol. The molecule has 3 nitrogen and oxygen atoms in total. The van der Waals surface area contributed by atoms with Crippen molar-refractivity contribution in [2.75, 3.05) is 12.4 Å². The molecule has 0 aliphatic carbocycles. The van der Waals surface area contributed by atoms with Crippen molar-refractivity contribution < 1.29 is 0 Å². The monoisotopic (exact) mass is 255 g/mol. The average Bonchev–Trinajstić information content (AvgIpc) is 2.45. The summed E-state index contributed by atoms with van der Waals surface area (Å²) in [6.07, 6.45) is 3.63. The highest BCUT2D eigenvalue weighted by atomic mass is 15.0. The minimum Gasteiger partial charge on any atom is -0.373 e. The second-order valence-corrected chi connectivity index (χ2v) is 4.74. The van der Waals surface area contributed by atoms with E-state index in [4.69, 9.17) is 0 Å². The molecule has 0 aliphatic heterocycles. The number of aryl methyl sites for hydroxylation is 2. The van der Waals surface area contributed by atoms with Gasteiger partial charge in [0, 0.05) is 18.7 Å². The summed E-state index contributed by atoms with van der Waals surface area (Å²) < 4.78 is 0. The molecule has 0 atom stereocenters. The van der Waals surface area contributed by atoms with Gasteiger partial charge in [0.05, 0.1) is 5.69 Å². The first kappa shape index (κ1) is 13.5. The third-order valence-corrected chi connectivity index (χ3v) is 3.16. The van der Waals surface area contributed by atoms with Crippen LogP contribution in [0.2, 0.25) is 0 Å². The molecule has 1 aromatic carbocycles. The molecule has 0 saturated heterocycles. The van der Waals surface area contributed by atoms with Crippen LogP contribution in [-0.4, -0.2) is 17.0 Å². The first-order valence-corrected chi connectivity index (χ1v) is 6.85. The number of unbranched alkanes of at least 4 members (excludes halogenated alkanes) is 1. The molecule has 0 fully saturated rings. The Kier molecular flexibility index (Phi) is 4.50. The number of aromatic nitrogens is 2. The fourth-order valence-corrected chi connectivity index (χ4v) is 2.07. The number of anilines is 1. The van der Waals surface area contributed by atoms with Gasteiger partial charge in [0.15, 0.2) is 0 Å². The zero-order valence-corrected chi connectivity index (χ0v) is 11.9. The molecule has 19 heavy (non-hydrogen) atoms. The minimum absolute atomic E-state index is 0.789. The zero-order valence-electron chi connectivity index (χ0n) is 11.9. The average molecular weight is 255 g/mol. The minimum atomic E-state index is 0.789. The van der Waals surface area contributed by atoms with E-state index in [0.717, 1.165) is 29.3 Å². The summed E-state index contributed by atoms with van der Waals surface area (Å²) in [7, 11) is 1.87. The molecule has 100 valence electrons. The van der Waals surface area contributed by atoms with Crippen LogP contribution in [0.5, 0.6) is 0 Å². The smallest absolute Gasteiger partial charge is 0.130 e. The fourth-order valence-electron chi connectivity index (χ4n) is 2.07. The first-order chi connectivity index (χ1) is 9.22. The predicted molar refractivity (Wildman–Crippen MR) is 80.4 cm³/mol. The van der Waals surface area contributed by atoms with Gasteiger partial charge in [-0.2, -0.15) is 0 Å². The Morgan fingerprint density at radius 3 is 2.47 bits per heavy atom. The number of benzene rings is 1. The number of rotatable bonds is 5. The molecule has 0 bridgehead atoms. The number of nitrogens with one attached hydrogen (secondary N) is 1. The van der Waals surface area contributed by atoms with E-state index in [-0.39, 0.29) is 0 Å². The zero-order chi connectivity index (χ0) is 13.7. The first-order valence-electron chi connectivity index (χ1n) is 6.85. The van der Waals surface area contributed by atoms with E-state index in [0.29, 0.717) is 0 Å². The molecule has 2 rings (SSSR count). The van der Waals surface area contributed by atoms with Crippen molar-refractivity contribution >= 4 is 5.82 Å². The van der Waals surface area contributed by atoms with Crippen LogP contribution < -0.4 is 5.32 Å². The summed E-state index contributed by atoms with van der Waals surface area (Å²) in [5.41, 5.74) is 3.51. The Bertz CT molecular complexity index is 532. The summed E-state index contributed by atoms with van der Waals surface area (Å²) >= 11 is 0. The topological polar surface area (TPSA) is 37.8 Å². The Hall–Kier alpha value is -1.90. The van der Waals surface area contributed by atoms with E-state index >= 15 is 0 Å². The largest absolute Gasteiger partial charge is 0.373 e. The van der Waals surface area contributed by atoms with Crippen molar-refractivity contribution in [3.63, 3.8) is 0 Å². The number of hydrogen-bond acceptors (Lipinski definition) is 3. The van der Waals surface area contributed by atoms with Crippen molar-refractivity contribution in [2.24, 2.45) is 0 Å². The highest BCUT2D eigenvalue weighted by Crippen LogP contribution is 2.20. The van der Waals surface area contributed by atoms with Gasteiger partial charge in [-0.25, -0.2) is 9.97 Å². The Labute approximate surface area is 115 Å². The van der Waals surface area contributed by atoms with Gasteiger partial charge in [-0.1, -0.05) is 37.6 Å². The van der Waals surface area contributed by atoms with E-state index in [1.54, 1.807) is 0 Å². The molecule has 1 N–H and O–H groups in total. The normalized spacial score (nSPS) is 10.5. The number of nitrogens with zero attached hydrogens (tertiary/aromatic N) is 2. The van der Waals surface area contributed by atoms with Gasteiger partial charge in [-0.3, -0.25) is 0 Å². The van der Waals surface area contributed by atoms with Gasteiger partial charge in [0.2, 0.25) is 0 Å². The molecule has 0 unspecified atom stereocenters. The Morgan fingerprint density at radius 2 is 1.84 bits per heavy atom. The molecule has 3 heteroatoms. The van der Waals surface area contributed by atoms with E-state index in [1.165, 1.54) is 18.4 Å². The van der Waals surface area contributed by atoms with E-state index < -0.39 is 0 Å². The van der Waals surface area contributed by atoms with E-state index in [1.807, 2.05) is 20.0 Å². The maximum atomic E-state index is 4.49. The van der Waals surface area contributed by atoms with Crippen LogP contribution in [0, 0.1) is 6.92 Å². The van der Waals surface area contributed by atoms with Crippen LogP contribution >= 0.6 is 0 Å². The lowest BCUT2D eigenvalue weighted by molar-refractivity contribution is 0.795. The highest BCUT2D eigenvalue weighted by Gasteiger charge is 2.03. The van der Waals surface area contributed by atoms with Crippen LogP contribution in [0.4, 0.5) is 5.82 Å². The molecule has 0 spiro atoms. The van der Waals surface area contributed by atoms with Crippen LogP contribution in [0.1, 0.15) is 31.2 Å². The Balaban J connectivity index is 2.24. The van der Waals surface area contributed by atoms with Crippen LogP contribution in [-0.2, 0) is 6.42 Å². The number of hydrogen-bond donors (Lipinski definition) is 1. The summed E-state index contributed by atoms with van der Waals surface area (Å²) in [6.45, 7) is 4.14. The van der Waals surface area contributed by atoms with E-state index in [2.05, 4.69) is 46.5 Å². The second-order valence-electron chi connectivity index (χ2n) is 4.74. The molecule has 0 aliphatic rings. The Morgan fingerprint density at radius 1 is 1.11 bits per heavy atom. The fraction of sp³-hybridized carbons (Fsp3) is 0.375. The van der Waals surface area contributed by atoms with Gasteiger partial charge < -0.3 is 5.32 Å². The SMILES string of the molecule is CCCCc1ccc(-c2cc(NC)nc(C)n2)cc1. The van der Waals surface area contributed by atoms with Gasteiger partial charge in [-0.05, 0) is 25.3 Å². The summed E-state index contributed by atoms with van der Waals surface area (Å²) in [6, 6.07) is 10.7. The van der Waals surface area contributed by atoms with Crippen molar-refractivity contribution in [2.45, 2.75) is 33.1 Å². The van der Waals surface area contributed by atoms with E-state index in [9.17, 15) is 0 Å². The lowest BCUT2D eigenvalue weighted by Gasteiger charge is -2.07. The third-order valence-electron chi connectivity index (χ3n) is 3.16. The van der Waals surface area contributed by atoms with Crippen LogP contribution in [0.15, 0.2) is 30.3 Å². The summed E-state index contributed by atoms with van der Waals surface area (Å²) in [5, 5.41) is 3.07. The van der Waals surface area contributed by atoms with Crippen molar-refractivity contribution in [3.8, 4) is 11.3 Å². The molecule has 2 aromatic rings. The second kappa shape index (κ2) is 6.32.